The summed E-state index contributed by atoms with van der Waals surface area (Å²) in [5.41, 5.74) is 4.39. The number of halogens is 1. The third-order valence-electron chi connectivity index (χ3n) is 7.68. The van der Waals surface area contributed by atoms with Gasteiger partial charge < -0.3 is 14.6 Å². The molecule has 0 fully saturated rings. The lowest BCUT2D eigenvalue weighted by Crippen LogP contribution is -2.53. The van der Waals surface area contributed by atoms with E-state index in [9.17, 15) is 9.59 Å². The van der Waals surface area contributed by atoms with Gasteiger partial charge in [0.25, 0.3) is 0 Å². The minimum atomic E-state index is -1.14. The van der Waals surface area contributed by atoms with E-state index in [-0.39, 0.29) is 24.4 Å². The first-order valence-electron chi connectivity index (χ1n) is 11.9. The molecule has 0 unspecified atom stereocenters. The molecule has 6 heteroatoms. The normalized spacial score (nSPS) is 22.9. The van der Waals surface area contributed by atoms with Crippen molar-refractivity contribution in [1.29, 1.82) is 0 Å². The molecule has 0 saturated carbocycles. The van der Waals surface area contributed by atoms with Crippen LogP contribution in [0, 0.1) is 0 Å². The number of hydrogen-bond donors (Lipinski definition) is 1. The van der Waals surface area contributed by atoms with E-state index in [1.54, 1.807) is 11.9 Å². The molecule has 35 heavy (non-hydrogen) atoms. The zero-order valence-electron chi connectivity index (χ0n) is 19.5. The van der Waals surface area contributed by atoms with Crippen LogP contribution in [0.3, 0.4) is 0 Å². The number of anilines is 1. The molecule has 1 aromatic heterocycles. The number of esters is 1. The van der Waals surface area contributed by atoms with Crippen LogP contribution in [0.1, 0.15) is 41.1 Å². The van der Waals surface area contributed by atoms with Crippen LogP contribution in [0.2, 0.25) is 0 Å². The molecular weight excluding hydrogens is 504 g/mol. The second-order valence-corrected chi connectivity index (χ2v) is 10.1. The first-order valence-corrected chi connectivity index (χ1v) is 12.7. The number of ether oxygens (including phenoxy) is 1. The number of carbonyl (C=O) groups is 2. The summed E-state index contributed by atoms with van der Waals surface area (Å²) in [6.45, 7) is 2.06. The number of aromatic amines is 1. The molecule has 2 heterocycles. The third kappa shape index (κ3) is 2.92. The highest BCUT2D eigenvalue weighted by atomic mass is 79.9. The summed E-state index contributed by atoms with van der Waals surface area (Å²) >= 11 is 3.68. The Kier molecular flexibility index (Phi) is 5.11. The number of amides is 1. The molecule has 1 N–H and O–H groups in total. The molecule has 3 atom stereocenters. The van der Waals surface area contributed by atoms with Crippen LogP contribution in [0.15, 0.2) is 77.3 Å². The zero-order valence-corrected chi connectivity index (χ0v) is 21.1. The van der Waals surface area contributed by atoms with Crippen LogP contribution in [0.25, 0.3) is 10.9 Å². The summed E-state index contributed by atoms with van der Waals surface area (Å²) in [5, 5.41) is 0.963. The number of carbonyl (C=O) groups excluding carboxylic acids is 2. The predicted molar refractivity (Wildman–Crippen MR) is 140 cm³/mol. The van der Waals surface area contributed by atoms with E-state index in [4.69, 9.17) is 4.74 Å². The van der Waals surface area contributed by atoms with Crippen LogP contribution >= 0.6 is 15.9 Å². The van der Waals surface area contributed by atoms with Crippen LogP contribution in [0.5, 0.6) is 0 Å². The van der Waals surface area contributed by atoms with Gasteiger partial charge in [-0.15, -0.1) is 0 Å². The molecule has 0 radical (unpaired) electrons. The van der Waals surface area contributed by atoms with E-state index in [0.29, 0.717) is 6.42 Å². The fraction of sp³-hybridized carbons (Fsp3) is 0.241. The van der Waals surface area contributed by atoms with Crippen molar-refractivity contribution in [2.45, 2.75) is 30.6 Å². The first-order chi connectivity index (χ1) is 17.0. The first kappa shape index (κ1) is 22.1. The van der Waals surface area contributed by atoms with Gasteiger partial charge in [-0.3, -0.25) is 9.59 Å². The number of hydrogen-bond acceptors (Lipinski definition) is 3. The van der Waals surface area contributed by atoms with Crippen molar-refractivity contribution in [2.24, 2.45) is 0 Å². The van der Waals surface area contributed by atoms with E-state index in [2.05, 4.69) is 33.0 Å². The van der Waals surface area contributed by atoms with E-state index in [1.165, 1.54) is 0 Å². The number of fused-ring (bicyclic) bond motifs is 5. The maximum absolute atomic E-state index is 14.5. The Hall–Kier alpha value is -3.38. The minimum absolute atomic E-state index is 0.0813. The van der Waals surface area contributed by atoms with Gasteiger partial charge in [-0.25, -0.2) is 0 Å². The highest BCUT2D eigenvalue weighted by Gasteiger charge is 2.65. The highest BCUT2D eigenvalue weighted by molar-refractivity contribution is 9.10. The standard InChI is InChI=1S/C29H25BrN2O3/c1-3-35-27(33)25-24-18-12-7-8-15-22(18)31-23(24)16-20(17-10-5-4-6-11-17)29(25)19-13-9-14-21(30)26(19)32(2)28(29)34/h4-15,20,25,31H,3,16H2,1-2H3/t20-,25-,29+/m0/s1. The molecule has 1 amide bonds. The Labute approximate surface area is 212 Å². The molecule has 0 saturated heterocycles. The van der Waals surface area contributed by atoms with E-state index in [0.717, 1.165) is 43.4 Å². The largest absolute Gasteiger partial charge is 0.465 e. The van der Waals surface area contributed by atoms with E-state index in [1.807, 2.05) is 67.6 Å². The van der Waals surface area contributed by atoms with Crippen molar-refractivity contribution in [3.63, 3.8) is 0 Å². The van der Waals surface area contributed by atoms with Gasteiger partial charge in [-0.1, -0.05) is 60.7 Å². The van der Waals surface area contributed by atoms with Gasteiger partial charge in [0.2, 0.25) is 5.91 Å². The number of rotatable bonds is 3. The number of aromatic nitrogens is 1. The Morgan fingerprint density at radius 3 is 2.60 bits per heavy atom. The van der Waals surface area contributed by atoms with Crippen molar-refractivity contribution in [3.05, 3.63) is 99.7 Å². The summed E-state index contributed by atoms with van der Waals surface area (Å²) in [7, 11) is 1.80. The Balaban J connectivity index is 1.76. The maximum atomic E-state index is 14.5. The van der Waals surface area contributed by atoms with Crippen molar-refractivity contribution < 1.29 is 14.3 Å². The lowest BCUT2D eigenvalue weighted by Gasteiger charge is -2.45. The lowest BCUT2D eigenvalue weighted by atomic mass is 9.54. The van der Waals surface area contributed by atoms with Crippen molar-refractivity contribution in [2.75, 3.05) is 18.6 Å². The summed E-state index contributed by atoms with van der Waals surface area (Å²) in [6.07, 6.45) is 0.607. The molecule has 1 spiro atoms. The summed E-state index contributed by atoms with van der Waals surface area (Å²) in [5.74, 6) is -1.50. The second kappa shape index (κ2) is 8.09. The highest BCUT2D eigenvalue weighted by Crippen LogP contribution is 2.62. The quantitative estimate of drug-likeness (QED) is 0.340. The summed E-state index contributed by atoms with van der Waals surface area (Å²) < 4.78 is 6.56. The Bertz CT molecular complexity index is 1480. The van der Waals surface area contributed by atoms with Crippen LogP contribution in [0.4, 0.5) is 5.69 Å². The van der Waals surface area contributed by atoms with Crippen LogP contribution in [-0.4, -0.2) is 30.5 Å². The number of H-pyrrole nitrogens is 1. The van der Waals surface area contributed by atoms with Gasteiger partial charge in [-0.2, -0.15) is 0 Å². The maximum Gasteiger partial charge on any atom is 0.314 e. The molecule has 5 nitrogen and oxygen atoms in total. The Morgan fingerprint density at radius 2 is 1.83 bits per heavy atom. The minimum Gasteiger partial charge on any atom is -0.465 e. The number of benzene rings is 3. The molecule has 6 rings (SSSR count). The number of nitrogens with zero attached hydrogens (tertiary/aromatic N) is 1. The average molecular weight is 529 g/mol. The molecule has 1 aliphatic heterocycles. The van der Waals surface area contributed by atoms with Crippen molar-refractivity contribution in [1.82, 2.24) is 4.98 Å². The van der Waals surface area contributed by atoms with Crippen LogP contribution in [-0.2, 0) is 26.2 Å². The van der Waals surface area contributed by atoms with Gasteiger partial charge in [0.05, 0.1) is 12.3 Å². The topological polar surface area (TPSA) is 62.4 Å². The number of para-hydroxylation sites is 2. The van der Waals surface area contributed by atoms with Gasteiger partial charge in [0, 0.05) is 34.0 Å². The van der Waals surface area contributed by atoms with Gasteiger partial charge in [-0.05, 0) is 58.1 Å². The molecule has 4 aromatic rings. The Morgan fingerprint density at radius 1 is 1.09 bits per heavy atom. The average Bonchev–Trinajstić information content (AvgIpc) is 3.34. The monoisotopic (exact) mass is 528 g/mol. The number of likely N-dealkylation sites (N-methyl/N-ethyl adjacent to an activating group) is 1. The van der Waals surface area contributed by atoms with E-state index < -0.39 is 11.3 Å². The smallest absolute Gasteiger partial charge is 0.314 e. The van der Waals surface area contributed by atoms with Gasteiger partial charge >= 0.3 is 5.97 Å². The SMILES string of the molecule is CCOC(=O)[C@@H]1c2c([nH]c3ccccc23)C[C@@H](c2ccccc2)[C@@]12C(=O)N(C)c1c(Br)cccc12. The van der Waals surface area contributed by atoms with Crippen LogP contribution < -0.4 is 4.90 Å². The zero-order chi connectivity index (χ0) is 24.3. The fourth-order valence-electron chi connectivity index (χ4n) is 6.40. The van der Waals surface area contributed by atoms with Gasteiger partial charge in [0.1, 0.15) is 11.3 Å². The molecule has 0 bridgehead atoms. The molecule has 1 aliphatic carbocycles. The molecule has 3 aromatic carbocycles. The molecule has 176 valence electrons. The second-order valence-electron chi connectivity index (χ2n) is 9.28. The summed E-state index contributed by atoms with van der Waals surface area (Å²) in [6, 6.07) is 24.0. The van der Waals surface area contributed by atoms with Crippen molar-refractivity contribution in [3.8, 4) is 0 Å². The molecule has 2 aliphatic rings. The lowest BCUT2D eigenvalue weighted by molar-refractivity contribution is -0.150. The summed E-state index contributed by atoms with van der Waals surface area (Å²) in [4.78, 5) is 33.8. The predicted octanol–water partition coefficient (Wildman–Crippen LogP) is 5.83. The van der Waals surface area contributed by atoms with Crippen molar-refractivity contribution >= 4 is 44.4 Å². The molecular formula is C29H25BrN2O3. The fourth-order valence-corrected chi connectivity index (χ4v) is 7.03. The number of nitrogens with one attached hydrogen (secondary N) is 1. The van der Waals surface area contributed by atoms with Gasteiger partial charge in [0.15, 0.2) is 0 Å². The van der Waals surface area contributed by atoms with E-state index >= 15 is 0 Å². The third-order valence-corrected chi connectivity index (χ3v) is 8.32.